The molecule has 0 unspecified atom stereocenters. The molecule has 1 aromatic carbocycles. The number of hydrogen-bond donors (Lipinski definition) is 1. The van der Waals surface area contributed by atoms with Gasteiger partial charge in [-0.15, -0.1) is 0 Å². The number of anilines is 1. The van der Waals surface area contributed by atoms with E-state index in [1.807, 2.05) is 19.1 Å². The molecule has 3 nitrogen and oxygen atoms in total. The molecular formula is C11H9ClN2OSe. The predicted octanol–water partition coefficient (Wildman–Crippen LogP) is 2.35. The number of benzene rings is 1. The molecule has 1 N–H and O–H groups in total. The van der Waals surface area contributed by atoms with E-state index >= 15 is 0 Å². The number of carbonyl (C=O) groups is 1. The number of para-hydroxylation sites is 1. The third-order valence-corrected chi connectivity index (χ3v) is 4.05. The topological polar surface area (TPSA) is 42.0 Å². The maximum atomic E-state index is 11.8. The first kappa shape index (κ1) is 11.4. The fraction of sp³-hybridized carbons (Fsp3) is 0.0909. The van der Waals surface area contributed by atoms with Gasteiger partial charge in [-0.1, -0.05) is 0 Å². The molecule has 0 aliphatic rings. The van der Waals surface area contributed by atoms with E-state index in [9.17, 15) is 4.79 Å². The third-order valence-electron chi connectivity index (χ3n) is 2.12. The molecule has 0 aliphatic carbocycles. The fourth-order valence-electron chi connectivity index (χ4n) is 1.29. The minimum absolute atomic E-state index is 0.0409. The second-order valence-electron chi connectivity index (χ2n) is 3.25. The van der Waals surface area contributed by atoms with Gasteiger partial charge in [0.05, 0.1) is 0 Å². The standard InChI is InChI=1S/C11H9ClN2OSe/c1-7-3-2-4-8(12)10(7)14-11(15)9-5-13-6-16-9/h2-6H,1H3,(H,14,15). The number of nitrogens with zero attached hydrogens (tertiary/aromatic N) is 1. The van der Waals surface area contributed by atoms with E-state index in [0.717, 1.165) is 5.56 Å². The Hall–Kier alpha value is -1.09. The molecule has 1 heterocycles. The van der Waals surface area contributed by atoms with Crippen LogP contribution in [-0.2, 0) is 0 Å². The monoisotopic (exact) mass is 300 g/mol. The molecule has 0 bridgehead atoms. The van der Waals surface area contributed by atoms with E-state index in [4.69, 9.17) is 11.6 Å². The third kappa shape index (κ3) is 2.35. The van der Waals surface area contributed by atoms with Gasteiger partial charge in [0.25, 0.3) is 0 Å². The van der Waals surface area contributed by atoms with Crippen molar-refractivity contribution in [2.75, 3.05) is 5.32 Å². The van der Waals surface area contributed by atoms with E-state index < -0.39 is 0 Å². The first-order chi connectivity index (χ1) is 7.68. The zero-order chi connectivity index (χ0) is 11.5. The second kappa shape index (κ2) is 4.83. The summed E-state index contributed by atoms with van der Waals surface area (Å²) in [7, 11) is 0. The van der Waals surface area contributed by atoms with Crippen LogP contribution in [0.15, 0.2) is 29.5 Å². The summed E-state index contributed by atoms with van der Waals surface area (Å²) in [5.74, 6) is -0.117. The maximum absolute atomic E-state index is 11.8. The van der Waals surface area contributed by atoms with Gasteiger partial charge in [-0.05, 0) is 0 Å². The summed E-state index contributed by atoms with van der Waals surface area (Å²) in [5.41, 5.74) is 1.63. The normalized spacial score (nSPS) is 10.1. The van der Waals surface area contributed by atoms with Crippen molar-refractivity contribution < 1.29 is 4.79 Å². The Morgan fingerprint density at radius 1 is 1.50 bits per heavy atom. The van der Waals surface area contributed by atoms with Crippen molar-refractivity contribution in [2.24, 2.45) is 0 Å². The predicted molar refractivity (Wildman–Crippen MR) is 65.3 cm³/mol. The molecule has 2 rings (SSSR count). The molecule has 0 fully saturated rings. The van der Waals surface area contributed by atoms with Crippen LogP contribution in [-0.4, -0.2) is 25.4 Å². The van der Waals surface area contributed by atoms with Crippen molar-refractivity contribution in [1.29, 1.82) is 0 Å². The molecule has 0 spiro atoms. The van der Waals surface area contributed by atoms with Crippen LogP contribution in [0.4, 0.5) is 5.69 Å². The summed E-state index contributed by atoms with van der Waals surface area (Å²) >= 11 is 6.06. The van der Waals surface area contributed by atoms with Gasteiger partial charge in [-0.3, -0.25) is 0 Å². The van der Waals surface area contributed by atoms with Crippen molar-refractivity contribution in [3.63, 3.8) is 0 Å². The fourth-order valence-corrected chi connectivity index (χ4v) is 2.64. The number of nitrogens with one attached hydrogen (secondary N) is 1. The molecule has 1 aromatic heterocycles. The molecule has 2 aromatic rings. The Bertz CT molecular complexity index is 490. The van der Waals surface area contributed by atoms with E-state index in [1.165, 1.54) is 0 Å². The van der Waals surface area contributed by atoms with Crippen molar-refractivity contribution in [3.05, 3.63) is 44.5 Å². The van der Waals surface area contributed by atoms with Crippen molar-refractivity contribution >= 4 is 37.7 Å². The van der Waals surface area contributed by atoms with E-state index in [0.29, 0.717) is 15.1 Å². The molecule has 0 saturated carbocycles. The first-order valence-corrected chi connectivity index (χ1v) is 6.86. The average molecular weight is 300 g/mol. The number of rotatable bonds is 2. The summed E-state index contributed by atoms with van der Waals surface area (Å²) in [6, 6.07) is 5.52. The van der Waals surface area contributed by atoms with Crippen LogP contribution in [0.1, 0.15) is 14.8 Å². The second-order valence-corrected chi connectivity index (χ2v) is 5.52. The van der Waals surface area contributed by atoms with Gasteiger partial charge in [0.2, 0.25) is 0 Å². The Morgan fingerprint density at radius 3 is 2.94 bits per heavy atom. The molecule has 0 atom stereocenters. The SMILES string of the molecule is Cc1cccc(Cl)c1NC(=O)c1cnc[se]1. The molecule has 0 aliphatic heterocycles. The Labute approximate surface area is 104 Å². The summed E-state index contributed by atoms with van der Waals surface area (Å²) < 4.78 is 0.715. The molecule has 1 amide bonds. The van der Waals surface area contributed by atoms with Gasteiger partial charge in [0, 0.05) is 0 Å². The molecule has 0 saturated heterocycles. The van der Waals surface area contributed by atoms with Crippen LogP contribution < -0.4 is 5.32 Å². The van der Waals surface area contributed by atoms with Crippen molar-refractivity contribution in [2.45, 2.75) is 6.92 Å². The minimum atomic E-state index is -0.117. The average Bonchev–Trinajstić information content (AvgIpc) is 2.76. The molecule has 0 radical (unpaired) electrons. The first-order valence-electron chi connectivity index (χ1n) is 4.63. The zero-order valence-corrected chi connectivity index (χ0v) is 11.0. The van der Waals surface area contributed by atoms with Crippen LogP contribution in [0.3, 0.4) is 0 Å². The number of aryl methyl sites for hydroxylation is 1. The summed E-state index contributed by atoms with van der Waals surface area (Å²) in [5, 5.41) is 5.14. The van der Waals surface area contributed by atoms with Gasteiger partial charge >= 0.3 is 104 Å². The van der Waals surface area contributed by atoms with Gasteiger partial charge in [0.15, 0.2) is 0 Å². The van der Waals surface area contributed by atoms with Crippen LogP contribution in [0.2, 0.25) is 5.02 Å². The van der Waals surface area contributed by atoms with E-state index in [1.54, 1.807) is 17.3 Å². The van der Waals surface area contributed by atoms with Gasteiger partial charge in [0.1, 0.15) is 0 Å². The number of aromatic nitrogens is 1. The summed E-state index contributed by atoms with van der Waals surface area (Å²) in [6.45, 7) is 1.91. The number of halogens is 1. The number of hydrogen-bond acceptors (Lipinski definition) is 2. The Morgan fingerprint density at radius 2 is 2.31 bits per heavy atom. The molecule has 5 heteroatoms. The Kier molecular flexibility index (Phi) is 3.44. The Balaban J connectivity index is 2.25. The van der Waals surface area contributed by atoms with Crippen molar-refractivity contribution in [3.8, 4) is 0 Å². The molecule has 16 heavy (non-hydrogen) atoms. The number of amides is 1. The number of carbonyl (C=O) groups excluding carboxylic acids is 1. The van der Waals surface area contributed by atoms with Crippen LogP contribution >= 0.6 is 11.6 Å². The van der Waals surface area contributed by atoms with Gasteiger partial charge in [-0.2, -0.15) is 0 Å². The van der Waals surface area contributed by atoms with Gasteiger partial charge < -0.3 is 0 Å². The zero-order valence-electron chi connectivity index (χ0n) is 8.53. The van der Waals surface area contributed by atoms with Crippen LogP contribution in [0.5, 0.6) is 0 Å². The summed E-state index contributed by atoms with van der Waals surface area (Å²) in [6.07, 6.45) is 1.60. The van der Waals surface area contributed by atoms with Crippen LogP contribution in [0, 0.1) is 6.92 Å². The molecule has 82 valence electrons. The molecular weight excluding hydrogens is 291 g/mol. The van der Waals surface area contributed by atoms with Crippen molar-refractivity contribution in [1.82, 2.24) is 4.98 Å². The summed E-state index contributed by atoms with van der Waals surface area (Å²) in [4.78, 5) is 15.7. The quantitative estimate of drug-likeness (QED) is 0.865. The van der Waals surface area contributed by atoms with E-state index in [2.05, 4.69) is 10.3 Å². The van der Waals surface area contributed by atoms with Crippen LogP contribution in [0.25, 0.3) is 0 Å². The van der Waals surface area contributed by atoms with E-state index in [-0.39, 0.29) is 20.4 Å². The van der Waals surface area contributed by atoms with Gasteiger partial charge in [-0.25, -0.2) is 0 Å².